The predicted molar refractivity (Wildman–Crippen MR) is 222 cm³/mol. The number of carbonyl (C=O) groups excluding carboxylic acids is 1. The smallest absolute Gasteiger partial charge is 0.305 e. The Labute approximate surface area is 328 Å². The first kappa shape index (κ1) is 52.2. The highest BCUT2D eigenvalue weighted by Crippen LogP contribution is 2.38. The monoisotopic (exact) mass is 774 g/mol. The van der Waals surface area contributed by atoms with Crippen molar-refractivity contribution < 1.29 is 37.6 Å². The molecule has 0 fully saturated rings. The van der Waals surface area contributed by atoms with Gasteiger partial charge in [-0.05, 0) is 32.1 Å². The number of quaternary nitrogens is 1. The molecule has 2 atom stereocenters. The number of nitrogens with zero attached hydrogens (tertiary/aromatic N) is 1. The average Bonchev–Trinajstić information content (AvgIpc) is 3.11. The summed E-state index contributed by atoms with van der Waals surface area (Å²) < 4.78 is 26.9. The molecule has 1 N–H and O–H groups in total. The van der Waals surface area contributed by atoms with E-state index in [4.69, 9.17) is 13.8 Å². The van der Waals surface area contributed by atoms with Gasteiger partial charge in [0.25, 0.3) is 7.82 Å². The number of aliphatic hydroxyl groups is 1. The first-order chi connectivity index (χ1) is 25.6. The number of carbonyl (C=O) groups is 1. The standard InChI is InChI=1S/C44H88NO7P/c1-5-6-7-8-9-10-11-12-13-14-15-16-17-18-19-20-21-22-23-24-25-26-27-28-29-30-31-32-33-34-35-36-37-38-44(47)50-41-43(46)42-52-53(48,49)51-40-39-45(2,3)4/h14-15,43,46H,5-13,16-42H2,1-4H3/b15-14-. The van der Waals surface area contributed by atoms with E-state index < -0.39 is 20.5 Å². The van der Waals surface area contributed by atoms with Crippen LogP contribution in [0.1, 0.15) is 212 Å². The van der Waals surface area contributed by atoms with E-state index in [1.807, 2.05) is 21.1 Å². The zero-order valence-corrected chi connectivity index (χ0v) is 36.4. The quantitative estimate of drug-likeness (QED) is 0.0216. The van der Waals surface area contributed by atoms with Crippen LogP contribution in [0.4, 0.5) is 0 Å². The molecule has 0 aliphatic rings. The predicted octanol–water partition coefficient (Wildman–Crippen LogP) is 12.2. The van der Waals surface area contributed by atoms with E-state index in [2.05, 4.69) is 19.1 Å². The fourth-order valence-corrected chi connectivity index (χ4v) is 7.21. The van der Waals surface area contributed by atoms with Crippen LogP contribution in [0, 0.1) is 0 Å². The Balaban J connectivity index is 3.32. The summed E-state index contributed by atoms with van der Waals surface area (Å²) >= 11 is 0. The van der Waals surface area contributed by atoms with Crippen LogP contribution in [0.5, 0.6) is 0 Å². The molecule has 53 heavy (non-hydrogen) atoms. The summed E-state index contributed by atoms with van der Waals surface area (Å²) in [6.07, 6.45) is 45.5. The number of phosphoric ester groups is 1. The molecule has 0 saturated heterocycles. The summed E-state index contributed by atoms with van der Waals surface area (Å²) in [6.45, 7) is 1.98. The minimum absolute atomic E-state index is 0.00575. The van der Waals surface area contributed by atoms with E-state index >= 15 is 0 Å². The van der Waals surface area contributed by atoms with Gasteiger partial charge in [-0.2, -0.15) is 0 Å². The number of hydrogen-bond donors (Lipinski definition) is 1. The fourth-order valence-electron chi connectivity index (χ4n) is 6.47. The van der Waals surface area contributed by atoms with Crippen LogP contribution in [0.2, 0.25) is 0 Å². The number of ether oxygens (including phenoxy) is 1. The van der Waals surface area contributed by atoms with Gasteiger partial charge in [0.05, 0.1) is 27.7 Å². The summed E-state index contributed by atoms with van der Waals surface area (Å²) in [5.41, 5.74) is 0. The first-order valence-electron chi connectivity index (χ1n) is 22.4. The van der Waals surface area contributed by atoms with Crippen molar-refractivity contribution >= 4 is 13.8 Å². The maximum absolute atomic E-state index is 11.9. The van der Waals surface area contributed by atoms with Gasteiger partial charge in [0.2, 0.25) is 0 Å². The number of phosphoric acid groups is 1. The minimum Gasteiger partial charge on any atom is -0.756 e. The molecule has 0 aromatic carbocycles. The van der Waals surface area contributed by atoms with Gasteiger partial charge in [-0.3, -0.25) is 9.36 Å². The number of allylic oxidation sites excluding steroid dienone is 2. The highest BCUT2D eigenvalue weighted by Gasteiger charge is 2.17. The van der Waals surface area contributed by atoms with Crippen LogP contribution < -0.4 is 4.89 Å². The van der Waals surface area contributed by atoms with Crippen molar-refractivity contribution in [1.82, 2.24) is 0 Å². The highest BCUT2D eigenvalue weighted by atomic mass is 31.2. The molecule has 0 rings (SSSR count). The Hall–Kier alpha value is -0.760. The molecule has 316 valence electrons. The van der Waals surface area contributed by atoms with E-state index in [0.717, 1.165) is 19.3 Å². The molecule has 0 aliphatic carbocycles. The average molecular weight is 774 g/mol. The Kier molecular flexibility index (Phi) is 37.6. The summed E-state index contributed by atoms with van der Waals surface area (Å²) in [6, 6.07) is 0. The van der Waals surface area contributed by atoms with Gasteiger partial charge in [-0.15, -0.1) is 0 Å². The lowest BCUT2D eigenvalue weighted by Crippen LogP contribution is -2.37. The normalized spacial score (nSPS) is 13.8. The number of esters is 1. The van der Waals surface area contributed by atoms with Gasteiger partial charge in [0, 0.05) is 6.42 Å². The molecule has 0 aromatic rings. The van der Waals surface area contributed by atoms with E-state index in [-0.39, 0.29) is 19.2 Å². The lowest BCUT2D eigenvalue weighted by molar-refractivity contribution is -0.870. The second kappa shape index (κ2) is 38.1. The second-order valence-corrected chi connectivity index (χ2v) is 18.0. The molecule has 0 aromatic heterocycles. The van der Waals surface area contributed by atoms with E-state index in [9.17, 15) is 19.4 Å². The van der Waals surface area contributed by atoms with Crippen molar-refractivity contribution in [1.29, 1.82) is 0 Å². The van der Waals surface area contributed by atoms with Gasteiger partial charge in [0.1, 0.15) is 25.9 Å². The summed E-state index contributed by atoms with van der Waals surface area (Å²) in [4.78, 5) is 23.7. The Morgan fingerprint density at radius 1 is 0.585 bits per heavy atom. The summed E-state index contributed by atoms with van der Waals surface area (Å²) in [7, 11) is 1.26. The molecule has 0 aliphatic heterocycles. The van der Waals surface area contributed by atoms with Crippen molar-refractivity contribution in [3.05, 3.63) is 12.2 Å². The molecular weight excluding hydrogens is 685 g/mol. The lowest BCUT2D eigenvalue weighted by atomic mass is 10.0. The minimum atomic E-state index is -4.50. The number of unbranched alkanes of at least 4 members (excludes halogenated alkanes) is 29. The molecule has 9 heteroatoms. The van der Waals surface area contributed by atoms with Crippen LogP contribution in [-0.4, -0.2) is 69.2 Å². The number of rotatable bonds is 42. The van der Waals surface area contributed by atoms with Gasteiger partial charge in [-0.1, -0.05) is 186 Å². The molecule has 0 spiro atoms. The summed E-state index contributed by atoms with van der Waals surface area (Å²) in [5.74, 6) is -0.382. The SMILES string of the molecule is CCCCCCCCCC/C=C\CCCCCCCCCCCCCCCCCCCCCCCC(=O)OCC(O)COP(=O)([O-])OCC[N+](C)(C)C. The zero-order valence-electron chi connectivity index (χ0n) is 35.5. The molecule has 8 nitrogen and oxygen atoms in total. The van der Waals surface area contributed by atoms with E-state index in [1.165, 1.54) is 180 Å². The number of hydrogen-bond acceptors (Lipinski definition) is 7. The van der Waals surface area contributed by atoms with Crippen molar-refractivity contribution in [2.75, 3.05) is 47.5 Å². The molecular formula is C44H88NO7P. The van der Waals surface area contributed by atoms with E-state index in [0.29, 0.717) is 17.4 Å². The summed E-state index contributed by atoms with van der Waals surface area (Å²) in [5, 5.41) is 9.89. The highest BCUT2D eigenvalue weighted by molar-refractivity contribution is 7.45. The van der Waals surface area contributed by atoms with Crippen molar-refractivity contribution in [3.63, 3.8) is 0 Å². The van der Waals surface area contributed by atoms with Crippen LogP contribution in [0.15, 0.2) is 12.2 Å². The largest absolute Gasteiger partial charge is 0.756 e. The van der Waals surface area contributed by atoms with Crippen molar-refractivity contribution in [3.8, 4) is 0 Å². The topological polar surface area (TPSA) is 105 Å². The Morgan fingerprint density at radius 2 is 0.943 bits per heavy atom. The van der Waals surface area contributed by atoms with Crippen molar-refractivity contribution in [2.45, 2.75) is 218 Å². The molecule has 0 amide bonds. The number of likely N-dealkylation sites (N-methyl/N-ethyl adjacent to an activating group) is 1. The third-order valence-corrected chi connectivity index (χ3v) is 11.0. The second-order valence-electron chi connectivity index (χ2n) is 16.6. The van der Waals surface area contributed by atoms with Crippen LogP contribution in [0.25, 0.3) is 0 Å². The molecule has 0 saturated carbocycles. The third kappa shape index (κ3) is 43.8. The Morgan fingerprint density at radius 3 is 1.32 bits per heavy atom. The van der Waals surface area contributed by atoms with Gasteiger partial charge < -0.3 is 28.3 Å². The van der Waals surface area contributed by atoms with Gasteiger partial charge >= 0.3 is 5.97 Å². The third-order valence-electron chi connectivity index (χ3n) is 10.0. The number of aliphatic hydroxyl groups excluding tert-OH is 1. The fraction of sp³-hybridized carbons (Fsp3) is 0.932. The Bertz CT molecular complexity index is 863. The van der Waals surface area contributed by atoms with Crippen LogP contribution in [-0.2, 0) is 23.1 Å². The van der Waals surface area contributed by atoms with E-state index in [1.54, 1.807) is 0 Å². The van der Waals surface area contributed by atoms with Gasteiger partial charge in [-0.25, -0.2) is 0 Å². The lowest BCUT2D eigenvalue weighted by Gasteiger charge is -2.27. The maximum atomic E-state index is 11.9. The molecule has 2 unspecified atom stereocenters. The van der Waals surface area contributed by atoms with Gasteiger partial charge in [0.15, 0.2) is 0 Å². The molecule has 0 bridgehead atoms. The first-order valence-corrected chi connectivity index (χ1v) is 23.9. The zero-order chi connectivity index (χ0) is 39.1. The van der Waals surface area contributed by atoms with Crippen LogP contribution >= 0.6 is 7.82 Å². The molecule has 0 heterocycles. The van der Waals surface area contributed by atoms with Crippen LogP contribution in [0.3, 0.4) is 0 Å². The molecule has 0 radical (unpaired) electrons. The maximum Gasteiger partial charge on any atom is 0.305 e. The van der Waals surface area contributed by atoms with Crippen molar-refractivity contribution in [2.24, 2.45) is 0 Å².